The number of H-pyrrole nitrogens is 1. The summed E-state index contributed by atoms with van der Waals surface area (Å²) in [5.41, 5.74) is 6.21. The van der Waals surface area contributed by atoms with Crippen LogP contribution in [0.2, 0.25) is 5.02 Å². The predicted molar refractivity (Wildman–Crippen MR) is 188 cm³/mol. The number of methoxy groups -OCH3 is 1. The number of ether oxygens (including phenoxy) is 1. The van der Waals surface area contributed by atoms with Gasteiger partial charge in [0.25, 0.3) is 11.8 Å². The van der Waals surface area contributed by atoms with E-state index < -0.39 is 5.76 Å². The van der Waals surface area contributed by atoms with E-state index in [2.05, 4.69) is 21.6 Å². The molecule has 0 saturated carbocycles. The maximum Gasteiger partial charge on any atom is 0.434 e. The number of aromatic nitrogens is 4. The van der Waals surface area contributed by atoms with Gasteiger partial charge >= 0.3 is 5.76 Å². The van der Waals surface area contributed by atoms with Crippen molar-refractivity contribution >= 4 is 44.7 Å². The van der Waals surface area contributed by atoms with Gasteiger partial charge in [-0.25, -0.2) is 19.3 Å². The number of thiophene rings is 1. The predicted octanol–water partition coefficient (Wildman–Crippen LogP) is 7.68. The fourth-order valence-corrected chi connectivity index (χ4v) is 9.18. The molecule has 1 fully saturated rings. The van der Waals surface area contributed by atoms with Crippen LogP contribution in [0.25, 0.3) is 32.0 Å². The minimum absolute atomic E-state index is 0.0212. The SMILES string of the molecule is COc1cc(Cl)cc2c1CC[C@@H]2Nc1nccc2cc(-c3c4c(nc(CCc5ccc(F)cc5)c3-c3n[nH]c(=O)o3)[C@@H]3CCCN3C4=O)sc12. The first-order chi connectivity index (χ1) is 24.4. The Bertz CT molecular complexity index is 2390. The zero-order chi connectivity index (χ0) is 34.1. The van der Waals surface area contributed by atoms with Gasteiger partial charge in [0.2, 0.25) is 0 Å². The van der Waals surface area contributed by atoms with Crippen molar-refractivity contribution in [3.8, 4) is 27.6 Å². The second-order valence-electron chi connectivity index (χ2n) is 12.9. The molecule has 1 saturated heterocycles. The third-order valence-corrected chi connectivity index (χ3v) is 11.4. The summed E-state index contributed by atoms with van der Waals surface area (Å²) in [5, 5.41) is 11.9. The molecule has 0 radical (unpaired) electrons. The highest BCUT2D eigenvalue weighted by molar-refractivity contribution is 7.23. The van der Waals surface area contributed by atoms with Crippen LogP contribution in [0, 0.1) is 5.82 Å². The van der Waals surface area contributed by atoms with Crippen LogP contribution in [0.1, 0.15) is 69.8 Å². The fourth-order valence-electron chi connectivity index (χ4n) is 7.80. The van der Waals surface area contributed by atoms with E-state index in [-0.39, 0.29) is 29.7 Å². The van der Waals surface area contributed by atoms with Gasteiger partial charge in [0.05, 0.1) is 46.4 Å². The number of hydrogen-bond donors (Lipinski definition) is 2. The number of anilines is 1. The Labute approximate surface area is 294 Å². The molecule has 6 heterocycles. The van der Waals surface area contributed by atoms with E-state index in [9.17, 15) is 14.0 Å². The first-order valence-electron chi connectivity index (χ1n) is 16.6. The van der Waals surface area contributed by atoms with Gasteiger partial charge in [-0.1, -0.05) is 23.7 Å². The Hall–Kier alpha value is -5.07. The van der Waals surface area contributed by atoms with Crippen LogP contribution in [-0.2, 0) is 19.3 Å². The quantitative estimate of drug-likeness (QED) is 0.165. The van der Waals surface area contributed by atoms with Crippen LogP contribution in [0.4, 0.5) is 10.2 Å². The van der Waals surface area contributed by atoms with Gasteiger partial charge in [0.15, 0.2) is 0 Å². The van der Waals surface area contributed by atoms with E-state index in [0.717, 1.165) is 74.6 Å². The molecular weight excluding hydrogens is 679 g/mol. The topological polar surface area (TPSA) is 126 Å². The van der Waals surface area contributed by atoms with Crippen molar-refractivity contribution in [3.63, 3.8) is 0 Å². The number of amides is 1. The largest absolute Gasteiger partial charge is 0.496 e. The fraction of sp³-hybridized carbons (Fsp3) is 0.270. The minimum Gasteiger partial charge on any atom is -0.496 e. The lowest BCUT2D eigenvalue weighted by Gasteiger charge is -2.17. The van der Waals surface area contributed by atoms with E-state index in [0.29, 0.717) is 46.8 Å². The van der Waals surface area contributed by atoms with Crippen LogP contribution in [0.15, 0.2) is 63.9 Å². The molecule has 252 valence electrons. The third kappa shape index (κ3) is 5.08. The number of aromatic amines is 1. The second-order valence-corrected chi connectivity index (χ2v) is 14.4. The highest BCUT2D eigenvalue weighted by atomic mass is 35.5. The van der Waals surface area contributed by atoms with Crippen LogP contribution in [-0.4, -0.2) is 44.6 Å². The molecule has 1 aliphatic carbocycles. The number of benzene rings is 2. The van der Waals surface area contributed by atoms with Gasteiger partial charge in [-0.2, -0.15) is 0 Å². The van der Waals surface area contributed by atoms with E-state index in [1.807, 2.05) is 23.1 Å². The van der Waals surface area contributed by atoms with Crippen molar-refractivity contribution in [3.05, 3.63) is 110 Å². The summed E-state index contributed by atoms with van der Waals surface area (Å²) >= 11 is 7.99. The van der Waals surface area contributed by atoms with E-state index in [1.165, 1.54) is 23.5 Å². The number of fused-ring (bicyclic) bond motifs is 5. The van der Waals surface area contributed by atoms with E-state index >= 15 is 0 Å². The maximum atomic E-state index is 14.2. The number of nitrogens with zero attached hydrogens (tertiary/aromatic N) is 4. The molecule has 4 aromatic heterocycles. The second kappa shape index (κ2) is 12.1. The van der Waals surface area contributed by atoms with Crippen molar-refractivity contribution in [1.29, 1.82) is 0 Å². The van der Waals surface area contributed by atoms with Gasteiger partial charge in [0, 0.05) is 28.2 Å². The number of nitrogens with one attached hydrogen (secondary N) is 2. The average molecular weight is 709 g/mol. The molecular formula is C37H30ClFN6O4S. The molecule has 0 unspecified atom stereocenters. The van der Waals surface area contributed by atoms with Crippen LogP contribution < -0.4 is 15.8 Å². The Balaban J connectivity index is 1.20. The Morgan fingerprint density at radius 1 is 1.10 bits per heavy atom. The number of carbonyl (C=O) groups is 1. The molecule has 2 N–H and O–H groups in total. The van der Waals surface area contributed by atoms with Gasteiger partial charge in [-0.05, 0) is 97.0 Å². The molecule has 1 amide bonds. The number of carbonyl (C=O) groups excluding carboxylic acids is 1. The number of halogens is 2. The normalized spacial score (nSPS) is 17.7. The summed E-state index contributed by atoms with van der Waals surface area (Å²) in [5.74, 6) is 0.472. The first-order valence-corrected chi connectivity index (χ1v) is 17.8. The van der Waals surface area contributed by atoms with Gasteiger partial charge < -0.3 is 19.4 Å². The van der Waals surface area contributed by atoms with E-state index in [4.69, 9.17) is 30.7 Å². The summed E-state index contributed by atoms with van der Waals surface area (Å²) in [6, 6.07) is 14.1. The van der Waals surface area contributed by atoms with Crippen molar-refractivity contribution in [2.24, 2.45) is 0 Å². The molecule has 6 aromatic rings. The summed E-state index contributed by atoms with van der Waals surface area (Å²) in [6.45, 7) is 0.652. The van der Waals surface area contributed by atoms with Crippen molar-refractivity contribution in [2.45, 2.75) is 50.6 Å². The van der Waals surface area contributed by atoms with Crippen molar-refractivity contribution < 1.29 is 18.3 Å². The number of rotatable bonds is 8. The van der Waals surface area contributed by atoms with Crippen LogP contribution >= 0.6 is 22.9 Å². The van der Waals surface area contributed by atoms with Gasteiger partial charge in [-0.15, -0.1) is 16.4 Å². The Morgan fingerprint density at radius 3 is 2.76 bits per heavy atom. The lowest BCUT2D eigenvalue weighted by atomic mass is 9.93. The highest BCUT2D eigenvalue weighted by Gasteiger charge is 2.45. The molecule has 13 heteroatoms. The number of pyridine rings is 2. The Kier molecular flexibility index (Phi) is 7.47. The van der Waals surface area contributed by atoms with Crippen LogP contribution in [0.5, 0.6) is 5.75 Å². The average Bonchev–Trinajstić information content (AvgIpc) is 3.95. The number of aryl methyl sites for hydroxylation is 2. The first kappa shape index (κ1) is 30.9. The molecule has 2 aliphatic heterocycles. The summed E-state index contributed by atoms with van der Waals surface area (Å²) < 4.78 is 25.9. The lowest BCUT2D eigenvalue weighted by molar-refractivity contribution is 0.0776. The van der Waals surface area contributed by atoms with Crippen molar-refractivity contribution in [1.82, 2.24) is 25.1 Å². The minimum atomic E-state index is -0.705. The molecule has 50 heavy (non-hydrogen) atoms. The standard InChI is InChI=1S/C37H30ClFN6O4S/c1-48-27-17-20(38)16-23-22(27)9-11-24(23)42-34-33-19(12-13-40-34)15-28(50-33)30-29(35-43-44-37(47)49-35)25(10-6-18-4-7-21(39)8-5-18)41-32-26-3-2-14-45(26)36(46)31(30)32/h4-5,7-8,12-13,15-17,24,26H,2-3,6,9-11,14H2,1H3,(H,40,42)(H,44,47)/t24-,26-/m0/s1. The van der Waals surface area contributed by atoms with Crippen LogP contribution in [0.3, 0.4) is 0 Å². The monoisotopic (exact) mass is 708 g/mol. The summed E-state index contributed by atoms with van der Waals surface area (Å²) in [7, 11) is 1.66. The molecule has 0 bridgehead atoms. The number of hydrogen-bond acceptors (Lipinski definition) is 9. The maximum absolute atomic E-state index is 14.2. The van der Waals surface area contributed by atoms with Gasteiger partial charge in [-0.3, -0.25) is 9.78 Å². The molecule has 2 atom stereocenters. The zero-order valence-electron chi connectivity index (χ0n) is 26.9. The molecule has 10 nitrogen and oxygen atoms in total. The van der Waals surface area contributed by atoms with Gasteiger partial charge in [0.1, 0.15) is 17.4 Å². The highest BCUT2D eigenvalue weighted by Crippen LogP contribution is 2.50. The molecule has 9 rings (SSSR count). The van der Waals surface area contributed by atoms with E-state index in [1.54, 1.807) is 25.4 Å². The smallest absolute Gasteiger partial charge is 0.434 e. The lowest BCUT2D eigenvalue weighted by Crippen LogP contribution is -2.22. The molecule has 0 spiro atoms. The zero-order valence-corrected chi connectivity index (χ0v) is 28.5. The molecule has 2 aromatic carbocycles. The molecule has 3 aliphatic rings. The van der Waals surface area contributed by atoms with Crippen molar-refractivity contribution in [2.75, 3.05) is 19.0 Å². The third-order valence-electron chi connectivity index (χ3n) is 10.0. The summed E-state index contributed by atoms with van der Waals surface area (Å²) in [6.07, 6.45) is 6.20. The summed E-state index contributed by atoms with van der Waals surface area (Å²) in [4.78, 5) is 39.1. The Morgan fingerprint density at radius 2 is 1.96 bits per heavy atom.